The molecule has 0 radical (unpaired) electrons. The number of ether oxygens (including phenoxy) is 2. The number of unbranched alkanes of at least 4 members (excludes halogenated alkanes) is 3. The Morgan fingerprint density at radius 3 is 2.30 bits per heavy atom. The number of amides is 1. The molecule has 0 aliphatic carbocycles. The summed E-state index contributed by atoms with van der Waals surface area (Å²) in [4.78, 5) is 20.0. The van der Waals surface area contributed by atoms with Crippen molar-refractivity contribution in [2.24, 2.45) is 5.14 Å². The van der Waals surface area contributed by atoms with Gasteiger partial charge in [-0.15, -0.1) is 0 Å². The van der Waals surface area contributed by atoms with E-state index < -0.39 is 10.0 Å². The maximum Gasteiger partial charge on any atom is 0.256 e. The number of sulfonamides is 1. The smallest absolute Gasteiger partial charge is 0.256 e. The van der Waals surface area contributed by atoms with E-state index in [-0.39, 0.29) is 10.8 Å². The Morgan fingerprint density at radius 2 is 1.67 bits per heavy atom. The molecule has 1 aromatic rings. The molecule has 0 atom stereocenters. The number of carbonyl (C=O) groups is 1. The maximum atomic E-state index is 13.8. The van der Waals surface area contributed by atoms with Crippen LogP contribution in [0.15, 0.2) is 23.1 Å². The quantitative estimate of drug-likeness (QED) is 0.477. The number of morpholine rings is 2. The van der Waals surface area contributed by atoms with E-state index in [1.807, 2.05) is 4.90 Å². The summed E-state index contributed by atoms with van der Waals surface area (Å²) in [5.74, 6) is -0.147. The van der Waals surface area contributed by atoms with Crippen molar-refractivity contribution in [3.63, 3.8) is 0 Å². The average molecular weight is 483 g/mol. The number of carbonyl (C=O) groups excluding carboxylic acids is 1. The molecule has 1 amide bonds. The van der Waals surface area contributed by atoms with E-state index in [1.165, 1.54) is 12.1 Å². The first-order chi connectivity index (χ1) is 15.9. The molecule has 0 aromatic heterocycles. The molecule has 2 heterocycles. The number of hydrogen-bond donors (Lipinski definition) is 1. The number of nitrogens with zero attached hydrogens (tertiary/aromatic N) is 3. The number of nitrogens with two attached hydrogens (primary N) is 1. The van der Waals surface area contributed by atoms with Gasteiger partial charge < -0.3 is 19.3 Å². The summed E-state index contributed by atoms with van der Waals surface area (Å²) >= 11 is 0. The minimum Gasteiger partial charge on any atom is -0.379 e. The van der Waals surface area contributed by atoms with Crippen LogP contribution in [0.1, 0.15) is 43.0 Å². The van der Waals surface area contributed by atoms with Crippen LogP contribution in [0.25, 0.3) is 0 Å². The van der Waals surface area contributed by atoms with E-state index in [9.17, 15) is 13.2 Å². The van der Waals surface area contributed by atoms with Crippen molar-refractivity contribution in [2.45, 2.75) is 37.5 Å². The van der Waals surface area contributed by atoms with Gasteiger partial charge in [-0.25, -0.2) is 13.6 Å². The second-order valence-corrected chi connectivity index (χ2v) is 10.2. The maximum absolute atomic E-state index is 13.8. The molecule has 3 rings (SSSR count). The van der Waals surface area contributed by atoms with Gasteiger partial charge in [0.05, 0.1) is 36.9 Å². The fraction of sp³-hybridized carbons (Fsp3) is 0.696. The minimum atomic E-state index is -3.92. The van der Waals surface area contributed by atoms with Gasteiger partial charge in [0, 0.05) is 51.5 Å². The molecule has 2 saturated heterocycles. The zero-order valence-corrected chi connectivity index (χ0v) is 20.5. The largest absolute Gasteiger partial charge is 0.379 e. The standard InChI is InChI=1S/C23H38N4O5S/c1-2-3-4-5-8-27(10-9-25-11-15-31-16-12-25)23(28)21-19-20(33(24,29)30)6-7-22(21)26-13-17-32-18-14-26/h6-7,19H,2-5,8-18H2,1H3,(H2,24,29,30). The van der Waals surface area contributed by atoms with Crippen LogP contribution in [0.5, 0.6) is 0 Å². The Labute approximate surface area is 197 Å². The molecule has 2 aliphatic heterocycles. The second-order valence-electron chi connectivity index (χ2n) is 8.63. The van der Waals surface area contributed by atoms with Crippen LogP contribution < -0.4 is 10.0 Å². The van der Waals surface area contributed by atoms with Crippen LogP contribution in [0, 0.1) is 0 Å². The lowest BCUT2D eigenvalue weighted by Crippen LogP contribution is -2.44. The van der Waals surface area contributed by atoms with Gasteiger partial charge in [0.2, 0.25) is 10.0 Å². The summed E-state index contributed by atoms with van der Waals surface area (Å²) in [7, 11) is -3.92. The molecule has 1 aromatic carbocycles. The molecule has 2 fully saturated rings. The van der Waals surface area contributed by atoms with Crippen LogP contribution in [-0.4, -0.2) is 96.4 Å². The van der Waals surface area contributed by atoms with Crippen molar-refractivity contribution in [3.05, 3.63) is 23.8 Å². The molecule has 186 valence electrons. The van der Waals surface area contributed by atoms with Crippen molar-refractivity contribution in [1.29, 1.82) is 0 Å². The molecular formula is C23H38N4O5S. The third-order valence-corrected chi connectivity index (χ3v) is 7.15. The predicted molar refractivity (Wildman–Crippen MR) is 128 cm³/mol. The second kappa shape index (κ2) is 12.7. The fourth-order valence-corrected chi connectivity index (χ4v) is 4.78. The zero-order valence-electron chi connectivity index (χ0n) is 19.7. The number of primary sulfonamides is 1. The monoisotopic (exact) mass is 482 g/mol. The number of rotatable bonds is 11. The number of benzene rings is 1. The fourth-order valence-electron chi connectivity index (χ4n) is 4.25. The lowest BCUT2D eigenvalue weighted by molar-refractivity contribution is 0.0324. The normalized spacial score (nSPS) is 17.8. The highest BCUT2D eigenvalue weighted by molar-refractivity contribution is 7.89. The first kappa shape index (κ1) is 25.9. The first-order valence-electron chi connectivity index (χ1n) is 12.0. The van der Waals surface area contributed by atoms with Gasteiger partial charge in [-0.1, -0.05) is 26.2 Å². The van der Waals surface area contributed by atoms with Gasteiger partial charge in [-0.05, 0) is 24.6 Å². The third-order valence-electron chi connectivity index (χ3n) is 6.24. The highest BCUT2D eigenvalue weighted by Gasteiger charge is 2.25. The summed E-state index contributed by atoms with van der Waals surface area (Å²) in [6.07, 6.45) is 4.24. The van der Waals surface area contributed by atoms with E-state index in [2.05, 4.69) is 16.7 Å². The van der Waals surface area contributed by atoms with Gasteiger partial charge in [-0.2, -0.15) is 0 Å². The SMILES string of the molecule is CCCCCCN(CCN1CCOCC1)C(=O)c1cc(S(N)(=O)=O)ccc1N1CCOCC1. The summed E-state index contributed by atoms with van der Waals surface area (Å²) in [6, 6.07) is 4.63. The van der Waals surface area contributed by atoms with E-state index in [4.69, 9.17) is 14.6 Å². The Hall–Kier alpha value is -1.72. The highest BCUT2D eigenvalue weighted by atomic mass is 32.2. The topological polar surface area (TPSA) is 105 Å². The Bertz CT molecular complexity index is 868. The molecule has 33 heavy (non-hydrogen) atoms. The lowest BCUT2D eigenvalue weighted by atomic mass is 10.1. The van der Waals surface area contributed by atoms with Gasteiger partial charge in [-0.3, -0.25) is 9.69 Å². The van der Waals surface area contributed by atoms with Gasteiger partial charge in [0.15, 0.2) is 0 Å². The van der Waals surface area contributed by atoms with Crippen LogP contribution >= 0.6 is 0 Å². The third kappa shape index (κ3) is 7.65. The number of anilines is 1. The molecule has 0 spiro atoms. The van der Waals surface area contributed by atoms with Crippen LogP contribution in [0.4, 0.5) is 5.69 Å². The molecule has 2 aliphatic rings. The Balaban J connectivity index is 1.85. The van der Waals surface area contributed by atoms with Crippen LogP contribution in [0.3, 0.4) is 0 Å². The average Bonchev–Trinajstić information content (AvgIpc) is 2.83. The molecule has 0 saturated carbocycles. The minimum absolute atomic E-state index is 0.0398. The van der Waals surface area contributed by atoms with Crippen molar-refractivity contribution < 1.29 is 22.7 Å². The zero-order chi connectivity index (χ0) is 23.7. The molecule has 10 heteroatoms. The van der Waals surface area contributed by atoms with E-state index in [1.54, 1.807) is 6.07 Å². The lowest BCUT2D eigenvalue weighted by Gasteiger charge is -2.33. The van der Waals surface area contributed by atoms with Gasteiger partial charge >= 0.3 is 0 Å². The van der Waals surface area contributed by atoms with Crippen LogP contribution in [-0.2, 0) is 19.5 Å². The summed E-state index contributed by atoms with van der Waals surface area (Å²) in [5.41, 5.74) is 1.13. The van der Waals surface area contributed by atoms with E-state index >= 15 is 0 Å². The number of hydrogen-bond acceptors (Lipinski definition) is 7. The van der Waals surface area contributed by atoms with Gasteiger partial charge in [0.1, 0.15) is 0 Å². The van der Waals surface area contributed by atoms with E-state index in [0.29, 0.717) is 58.2 Å². The first-order valence-corrected chi connectivity index (χ1v) is 13.5. The van der Waals surface area contributed by atoms with Crippen molar-refractivity contribution in [1.82, 2.24) is 9.80 Å². The Kier molecular flexibility index (Phi) is 9.94. The molecule has 0 unspecified atom stereocenters. The molecular weight excluding hydrogens is 444 g/mol. The van der Waals surface area contributed by atoms with Crippen LogP contribution in [0.2, 0.25) is 0 Å². The molecule has 9 nitrogen and oxygen atoms in total. The van der Waals surface area contributed by atoms with Crippen molar-refractivity contribution in [3.8, 4) is 0 Å². The summed E-state index contributed by atoms with van der Waals surface area (Å²) in [5, 5.41) is 5.40. The van der Waals surface area contributed by atoms with Crippen molar-refractivity contribution in [2.75, 3.05) is 77.1 Å². The summed E-state index contributed by atoms with van der Waals surface area (Å²) < 4.78 is 35.0. The Morgan fingerprint density at radius 1 is 1.00 bits per heavy atom. The molecule has 0 bridgehead atoms. The van der Waals surface area contributed by atoms with Crippen molar-refractivity contribution >= 4 is 21.6 Å². The summed E-state index contributed by atoms with van der Waals surface area (Å²) in [6.45, 7) is 9.75. The predicted octanol–water partition coefficient (Wildman–Crippen LogP) is 1.53. The molecule has 2 N–H and O–H groups in total. The van der Waals surface area contributed by atoms with E-state index in [0.717, 1.165) is 51.0 Å². The highest BCUT2D eigenvalue weighted by Crippen LogP contribution is 2.26. The van der Waals surface area contributed by atoms with Gasteiger partial charge in [0.25, 0.3) is 5.91 Å².